The molecule has 0 spiro atoms. The van der Waals surface area contributed by atoms with E-state index in [1.807, 2.05) is 11.8 Å². The lowest BCUT2D eigenvalue weighted by Crippen LogP contribution is -2.35. The number of fused-ring (bicyclic) bond motifs is 1. The summed E-state index contributed by atoms with van der Waals surface area (Å²) in [5, 5.41) is 0. The van der Waals surface area contributed by atoms with Crippen LogP contribution in [0.4, 0.5) is 0 Å². The van der Waals surface area contributed by atoms with Gasteiger partial charge in [-0.05, 0) is 19.1 Å². The van der Waals surface area contributed by atoms with E-state index in [1.54, 1.807) is 30.2 Å². The maximum Gasteiger partial charge on any atom is 0.257 e. The molecule has 2 amide bonds. The van der Waals surface area contributed by atoms with E-state index in [-0.39, 0.29) is 23.7 Å². The molecule has 0 unspecified atom stereocenters. The Kier molecular flexibility index (Phi) is 4.15. The molecule has 6 heteroatoms. The van der Waals surface area contributed by atoms with Gasteiger partial charge in [-0.15, -0.1) is 0 Å². The average molecular weight is 318 g/mol. The van der Waals surface area contributed by atoms with E-state index in [0.717, 1.165) is 13.1 Å². The Morgan fingerprint density at radius 3 is 2.61 bits per heavy atom. The van der Waals surface area contributed by atoms with Crippen molar-refractivity contribution in [2.75, 3.05) is 40.4 Å². The first-order valence-electron chi connectivity index (χ1n) is 7.89. The molecule has 2 fully saturated rings. The topological polar surface area (TPSA) is 59.1 Å². The Balaban J connectivity index is 1.77. The van der Waals surface area contributed by atoms with E-state index in [0.29, 0.717) is 30.2 Å². The summed E-state index contributed by atoms with van der Waals surface area (Å²) in [6.07, 6.45) is 0. The largest absolute Gasteiger partial charge is 0.497 e. The van der Waals surface area contributed by atoms with Crippen molar-refractivity contribution in [1.29, 1.82) is 0 Å². The Morgan fingerprint density at radius 2 is 2.00 bits per heavy atom. The van der Waals surface area contributed by atoms with Gasteiger partial charge in [0.1, 0.15) is 11.5 Å². The first-order valence-corrected chi connectivity index (χ1v) is 7.89. The molecule has 2 saturated heterocycles. The van der Waals surface area contributed by atoms with Crippen LogP contribution in [-0.2, 0) is 4.79 Å². The molecule has 0 N–H and O–H groups in total. The van der Waals surface area contributed by atoms with Crippen LogP contribution in [0.5, 0.6) is 11.5 Å². The van der Waals surface area contributed by atoms with Crippen molar-refractivity contribution in [3.05, 3.63) is 23.8 Å². The van der Waals surface area contributed by atoms with Crippen LogP contribution in [0.25, 0.3) is 0 Å². The summed E-state index contributed by atoms with van der Waals surface area (Å²) in [6.45, 7) is 4.61. The van der Waals surface area contributed by atoms with Crippen LogP contribution in [0, 0.1) is 11.8 Å². The van der Waals surface area contributed by atoms with Crippen molar-refractivity contribution in [2.45, 2.75) is 6.92 Å². The first-order chi connectivity index (χ1) is 11.1. The molecule has 0 bridgehead atoms. The highest BCUT2D eigenvalue weighted by Gasteiger charge is 2.47. The van der Waals surface area contributed by atoms with Crippen molar-refractivity contribution in [2.24, 2.45) is 11.8 Å². The second-order valence-corrected chi connectivity index (χ2v) is 6.02. The SMILES string of the molecule is CCN1C[C@@H]2CN(C(=O)c3ccc(OC)cc3OC)C[C@@H]2C1=O. The molecule has 23 heavy (non-hydrogen) atoms. The van der Waals surface area contributed by atoms with Gasteiger partial charge in [0, 0.05) is 38.2 Å². The van der Waals surface area contributed by atoms with Crippen LogP contribution in [0.2, 0.25) is 0 Å². The van der Waals surface area contributed by atoms with Gasteiger partial charge in [0.05, 0.1) is 25.7 Å². The third-order valence-electron chi connectivity index (χ3n) is 4.83. The van der Waals surface area contributed by atoms with Gasteiger partial charge >= 0.3 is 0 Å². The van der Waals surface area contributed by atoms with Gasteiger partial charge in [0.2, 0.25) is 5.91 Å². The van der Waals surface area contributed by atoms with Crippen LogP contribution < -0.4 is 9.47 Å². The summed E-state index contributed by atoms with van der Waals surface area (Å²) in [4.78, 5) is 28.7. The number of benzene rings is 1. The Morgan fingerprint density at radius 1 is 1.22 bits per heavy atom. The molecule has 0 aliphatic carbocycles. The van der Waals surface area contributed by atoms with Gasteiger partial charge in [0.15, 0.2) is 0 Å². The first kappa shape index (κ1) is 15.6. The van der Waals surface area contributed by atoms with Crippen molar-refractivity contribution < 1.29 is 19.1 Å². The van der Waals surface area contributed by atoms with Gasteiger partial charge < -0.3 is 19.3 Å². The fourth-order valence-corrected chi connectivity index (χ4v) is 3.54. The number of hydrogen-bond acceptors (Lipinski definition) is 4. The van der Waals surface area contributed by atoms with Crippen LogP contribution in [-0.4, -0.2) is 62.0 Å². The van der Waals surface area contributed by atoms with Crippen LogP contribution in [0.1, 0.15) is 17.3 Å². The summed E-state index contributed by atoms with van der Waals surface area (Å²) in [5.41, 5.74) is 0.507. The lowest BCUT2D eigenvalue weighted by Gasteiger charge is -2.21. The normalized spacial score (nSPS) is 23.2. The summed E-state index contributed by atoms with van der Waals surface area (Å²) in [7, 11) is 3.11. The third kappa shape index (κ3) is 2.62. The number of methoxy groups -OCH3 is 2. The second-order valence-electron chi connectivity index (χ2n) is 6.02. The van der Waals surface area contributed by atoms with Crippen LogP contribution in [0.15, 0.2) is 18.2 Å². The molecule has 0 saturated carbocycles. The average Bonchev–Trinajstić information content (AvgIpc) is 3.13. The van der Waals surface area contributed by atoms with E-state index >= 15 is 0 Å². The Bertz CT molecular complexity index is 631. The van der Waals surface area contributed by atoms with Crippen molar-refractivity contribution in [3.63, 3.8) is 0 Å². The number of hydrogen-bond donors (Lipinski definition) is 0. The lowest BCUT2D eigenvalue weighted by atomic mass is 10.0. The number of rotatable bonds is 4. The Hall–Kier alpha value is -2.24. The molecule has 3 rings (SSSR count). The fraction of sp³-hybridized carbons (Fsp3) is 0.529. The van der Waals surface area contributed by atoms with Gasteiger partial charge in [-0.3, -0.25) is 9.59 Å². The minimum atomic E-state index is -0.0882. The van der Waals surface area contributed by atoms with Crippen molar-refractivity contribution in [3.8, 4) is 11.5 Å². The van der Waals surface area contributed by atoms with Gasteiger partial charge in [-0.25, -0.2) is 0 Å². The molecule has 0 radical (unpaired) electrons. The molecule has 6 nitrogen and oxygen atoms in total. The van der Waals surface area contributed by atoms with Crippen molar-refractivity contribution >= 4 is 11.8 Å². The quantitative estimate of drug-likeness (QED) is 0.838. The van der Waals surface area contributed by atoms with Crippen LogP contribution >= 0.6 is 0 Å². The molecular formula is C17H22N2O4. The molecule has 2 aliphatic rings. The fourth-order valence-electron chi connectivity index (χ4n) is 3.54. The van der Waals surface area contributed by atoms with Gasteiger partial charge in [-0.1, -0.05) is 0 Å². The highest BCUT2D eigenvalue weighted by Crippen LogP contribution is 2.34. The van der Waals surface area contributed by atoms with E-state index in [9.17, 15) is 9.59 Å². The number of likely N-dealkylation sites (tertiary alicyclic amines) is 2. The number of carbonyl (C=O) groups excluding carboxylic acids is 2. The molecule has 2 heterocycles. The zero-order valence-corrected chi connectivity index (χ0v) is 13.7. The van der Waals surface area contributed by atoms with E-state index in [2.05, 4.69) is 0 Å². The Labute approximate surface area is 136 Å². The lowest BCUT2D eigenvalue weighted by molar-refractivity contribution is -0.130. The molecule has 2 atom stereocenters. The third-order valence-corrected chi connectivity index (χ3v) is 4.83. The van der Waals surface area contributed by atoms with Gasteiger partial charge in [-0.2, -0.15) is 0 Å². The summed E-state index contributed by atoms with van der Waals surface area (Å²) >= 11 is 0. The number of carbonyl (C=O) groups is 2. The summed E-state index contributed by atoms with van der Waals surface area (Å²) in [5.74, 6) is 1.42. The minimum absolute atomic E-state index is 0.0526. The smallest absolute Gasteiger partial charge is 0.257 e. The van der Waals surface area contributed by atoms with Crippen molar-refractivity contribution in [1.82, 2.24) is 9.80 Å². The molecule has 1 aromatic rings. The van der Waals surface area contributed by atoms with E-state index in [4.69, 9.17) is 9.47 Å². The molecule has 1 aromatic carbocycles. The molecule has 2 aliphatic heterocycles. The maximum absolute atomic E-state index is 12.8. The standard InChI is InChI=1S/C17H22N2O4/c1-4-18-8-11-9-19(10-14(11)17(18)21)16(20)13-6-5-12(22-2)7-15(13)23-3/h5-7,11,14H,4,8-10H2,1-3H3/t11-,14+/m1/s1. The molecule has 124 valence electrons. The van der Waals surface area contributed by atoms with Gasteiger partial charge in [0.25, 0.3) is 5.91 Å². The second kappa shape index (κ2) is 6.10. The van der Waals surface area contributed by atoms with Crippen LogP contribution in [0.3, 0.4) is 0 Å². The highest BCUT2D eigenvalue weighted by molar-refractivity contribution is 5.98. The highest BCUT2D eigenvalue weighted by atomic mass is 16.5. The summed E-state index contributed by atoms with van der Waals surface area (Å²) in [6, 6.07) is 5.17. The number of amides is 2. The molecular weight excluding hydrogens is 296 g/mol. The zero-order chi connectivity index (χ0) is 16.6. The minimum Gasteiger partial charge on any atom is -0.497 e. The summed E-state index contributed by atoms with van der Waals surface area (Å²) < 4.78 is 10.5. The van der Waals surface area contributed by atoms with E-state index in [1.165, 1.54) is 7.11 Å². The number of nitrogens with zero attached hydrogens (tertiary/aromatic N) is 2. The van der Waals surface area contributed by atoms with E-state index < -0.39 is 0 Å². The predicted octanol–water partition coefficient (Wildman–Crippen LogP) is 1.25. The zero-order valence-electron chi connectivity index (χ0n) is 13.7. The monoisotopic (exact) mass is 318 g/mol. The maximum atomic E-state index is 12.8. The predicted molar refractivity (Wildman–Crippen MR) is 84.7 cm³/mol. The number of ether oxygens (including phenoxy) is 2. The molecule has 0 aromatic heterocycles.